The van der Waals surface area contributed by atoms with Crippen LogP contribution in [0.15, 0.2) is 48.8 Å². The van der Waals surface area contributed by atoms with Crippen molar-refractivity contribution in [3.05, 3.63) is 48.8 Å². The summed E-state index contributed by atoms with van der Waals surface area (Å²) in [5.41, 5.74) is 0.766. The molecule has 25 heavy (non-hydrogen) atoms. The number of pyridine rings is 1. The zero-order chi connectivity index (χ0) is 17.5. The van der Waals surface area contributed by atoms with E-state index in [0.29, 0.717) is 19.7 Å². The van der Waals surface area contributed by atoms with Crippen LogP contribution < -0.4 is 14.8 Å². The molecule has 0 atom stereocenters. The molecule has 2 heterocycles. The van der Waals surface area contributed by atoms with Gasteiger partial charge in [-0.2, -0.15) is 0 Å². The first-order chi connectivity index (χ1) is 12.2. The second-order valence-electron chi connectivity index (χ2n) is 5.88. The minimum absolute atomic E-state index is 0.0796. The Labute approximate surface area is 147 Å². The van der Waals surface area contributed by atoms with E-state index in [1.54, 1.807) is 12.4 Å². The fourth-order valence-electron chi connectivity index (χ4n) is 2.79. The maximum Gasteiger partial charge on any atom is 0.321 e. The summed E-state index contributed by atoms with van der Waals surface area (Å²) in [7, 11) is 0. The van der Waals surface area contributed by atoms with Crippen molar-refractivity contribution in [1.29, 1.82) is 0 Å². The van der Waals surface area contributed by atoms with Crippen molar-refractivity contribution >= 4 is 11.7 Å². The van der Waals surface area contributed by atoms with Crippen LogP contribution in [0, 0.1) is 0 Å². The Bertz CT molecular complexity index is 668. The number of hydrogen-bond donors (Lipinski definition) is 1. The highest BCUT2D eigenvalue weighted by Gasteiger charge is 2.24. The molecule has 132 valence electrons. The maximum atomic E-state index is 12.4. The predicted octanol–water partition coefficient (Wildman–Crippen LogP) is 3.56. The molecular weight excluding hydrogens is 318 g/mol. The van der Waals surface area contributed by atoms with Gasteiger partial charge in [-0.1, -0.05) is 0 Å². The van der Waals surface area contributed by atoms with Crippen molar-refractivity contribution in [2.24, 2.45) is 0 Å². The molecule has 1 saturated heterocycles. The summed E-state index contributed by atoms with van der Waals surface area (Å²) >= 11 is 0. The minimum Gasteiger partial charge on any atom is -0.494 e. The van der Waals surface area contributed by atoms with Gasteiger partial charge in [-0.25, -0.2) is 4.79 Å². The van der Waals surface area contributed by atoms with Crippen LogP contribution in [-0.2, 0) is 0 Å². The molecule has 1 aliphatic rings. The largest absolute Gasteiger partial charge is 0.494 e. The number of urea groups is 1. The number of amides is 2. The quantitative estimate of drug-likeness (QED) is 0.903. The third-order valence-corrected chi connectivity index (χ3v) is 4.08. The number of benzene rings is 1. The number of anilines is 1. The van der Waals surface area contributed by atoms with Crippen LogP contribution in [0.2, 0.25) is 0 Å². The molecule has 6 nitrogen and oxygen atoms in total. The number of hydrogen-bond acceptors (Lipinski definition) is 4. The van der Waals surface area contributed by atoms with Crippen LogP contribution in [0.3, 0.4) is 0 Å². The Kier molecular flexibility index (Phi) is 5.72. The molecule has 1 aliphatic heterocycles. The number of nitrogens with zero attached hydrogens (tertiary/aromatic N) is 2. The average molecular weight is 341 g/mol. The van der Waals surface area contributed by atoms with Gasteiger partial charge in [0.1, 0.15) is 17.6 Å². The van der Waals surface area contributed by atoms with Crippen LogP contribution in [0.4, 0.5) is 10.5 Å². The lowest BCUT2D eigenvalue weighted by Crippen LogP contribution is -2.43. The number of ether oxygens (including phenoxy) is 2. The van der Waals surface area contributed by atoms with E-state index in [0.717, 1.165) is 30.0 Å². The Morgan fingerprint density at radius 3 is 2.60 bits per heavy atom. The molecule has 0 unspecified atom stereocenters. The SMILES string of the molecule is CCOc1ccc(NC(=O)N2CCC(Oc3cccnc3)CC2)cc1. The summed E-state index contributed by atoms with van der Waals surface area (Å²) in [6.07, 6.45) is 5.18. The normalized spacial score (nSPS) is 14.8. The summed E-state index contributed by atoms with van der Waals surface area (Å²) < 4.78 is 11.3. The predicted molar refractivity (Wildman–Crippen MR) is 96.1 cm³/mol. The summed E-state index contributed by atoms with van der Waals surface area (Å²) in [6, 6.07) is 11.1. The molecule has 2 amide bonds. The van der Waals surface area contributed by atoms with Crippen LogP contribution in [0.1, 0.15) is 19.8 Å². The first-order valence-electron chi connectivity index (χ1n) is 8.60. The van der Waals surface area contributed by atoms with Gasteiger partial charge in [-0.05, 0) is 43.3 Å². The van der Waals surface area contributed by atoms with Crippen molar-refractivity contribution in [2.45, 2.75) is 25.9 Å². The molecule has 3 rings (SSSR count). The van der Waals surface area contributed by atoms with E-state index in [1.807, 2.05) is 48.2 Å². The van der Waals surface area contributed by atoms with Crippen LogP contribution in [-0.4, -0.2) is 41.7 Å². The highest BCUT2D eigenvalue weighted by molar-refractivity contribution is 5.89. The van der Waals surface area contributed by atoms with E-state index in [1.165, 1.54) is 0 Å². The minimum atomic E-state index is -0.0796. The van der Waals surface area contributed by atoms with Crippen molar-refractivity contribution in [2.75, 3.05) is 25.0 Å². The van der Waals surface area contributed by atoms with Crippen molar-refractivity contribution in [1.82, 2.24) is 9.88 Å². The van der Waals surface area contributed by atoms with Gasteiger partial charge in [0.05, 0.1) is 12.8 Å². The summed E-state index contributed by atoms with van der Waals surface area (Å²) in [5, 5.41) is 2.93. The zero-order valence-electron chi connectivity index (χ0n) is 14.4. The van der Waals surface area contributed by atoms with Crippen LogP contribution in [0.5, 0.6) is 11.5 Å². The molecule has 0 bridgehead atoms. The monoisotopic (exact) mass is 341 g/mol. The molecule has 1 fully saturated rings. The number of likely N-dealkylation sites (tertiary alicyclic amines) is 1. The first kappa shape index (κ1) is 17.1. The molecule has 2 aromatic rings. The Balaban J connectivity index is 1.46. The highest BCUT2D eigenvalue weighted by atomic mass is 16.5. The number of piperidine rings is 1. The van der Waals surface area contributed by atoms with E-state index in [2.05, 4.69) is 10.3 Å². The molecule has 0 aliphatic carbocycles. The number of carbonyl (C=O) groups excluding carboxylic acids is 1. The fraction of sp³-hybridized carbons (Fsp3) is 0.368. The topological polar surface area (TPSA) is 63.7 Å². The second kappa shape index (κ2) is 8.37. The van der Waals surface area contributed by atoms with E-state index in [9.17, 15) is 4.79 Å². The van der Waals surface area contributed by atoms with Gasteiger partial charge in [0.15, 0.2) is 0 Å². The molecule has 1 N–H and O–H groups in total. The molecule has 0 spiro atoms. The Morgan fingerprint density at radius 1 is 1.20 bits per heavy atom. The first-order valence-corrected chi connectivity index (χ1v) is 8.60. The van der Waals surface area contributed by atoms with E-state index in [-0.39, 0.29) is 12.1 Å². The number of aromatic nitrogens is 1. The molecule has 1 aromatic carbocycles. The third-order valence-electron chi connectivity index (χ3n) is 4.08. The van der Waals surface area contributed by atoms with Gasteiger partial charge in [0.25, 0.3) is 0 Å². The Morgan fingerprint density at radius 2 is 1.96 bits per heavy atom. The third kappa shape index (κ3) is 4.86. The van der Waals surface area contributed by atoms with Crippen molar-refractivity contribution < 1.29 is 14.3 Å². The lowest BCUT2D eigenvalue weighted by atomic mass is 10.1. The second-order valence-corrected chi connectivity index (χ2v) is 5.88. The lowest BCUT2D eigenvalue weighted by Gasteiger charge is -2.32. The number of carbonyl (C=O) groups is 1. The van der Waals surface area contributed by atoms with Gasteiger partial charge in [-0.3, -0.25) is 4.98 Å². The van der Waals surface area contributed by atoms with Crippen molar-refractivity contribution in [3.63, 3.8) is 0 Å². The number of rotatable bonds is 5. The molecule has 0 radical (unpaired) electrons. The standard InChI is InChI=1S/C19H23N3O3/c1-2-24-16-7-5-15(6-8-16)21-19(23)22-12-9-17(10-13-22)25-18-4-3-11-20-14-18/h3-8,11,14,17H,2,9-10,12-13H2,1H3,(H,21,23). The van der Waals surface area contributed by atoms with Crippen LogP contribution in [0.25, 0.3) is 0 Å². The molecule has 0 saturated carbocycles. The van der Waals surface area contributed by atoms with Crippen LogP contribution >= 0.6 is 0 Å². The smallest absolute Gasteiger partial charge is 0.321 e. The van der Waals surface area contributed by atoms with E-state index in [4.69, 9.17) is 9.47 Å². The molecular formula is C19H23N3O3. The molecule has 1 aromatic heterocycles. The maximum absolute atomic E-state index is 12.4. The molecule has 6 heteroatoms. The van der Waals surface area contributed by atoms with Gasteiger partial charge < -0.3 is 19.7 Å². The van der Waals surface area contributed by atoms with Gasteiger partial charge in [-0.15, -0.1) is 0 Å². The van der Waals surface area contributed by atoms with E-state index < -0.39 is 0 Å². The number of nitrogens with one attached hydrogen (secondary N) is 1. The summed E-state index contributed by atoms with van der Waals surface area (Å²) in [5.74, 6) is 1.58. The lowest BCUT2D eigenvalue weighted by molar-refractivity contribution is 0.115. The Hall–Kier alpha value is -2.76. The van der Waals surface area contributed by atoms with Crippen molar-refractivity contribution in [3.8, 4) is 11.5 Å². The summed E-state index contributed by atoms with van der Waals surface area (Å²) in [6.45, 7) is 3.92. The zero-order valence-corrected chi connectivity index (χ0v) is 14.4. The van der Waals surface area contributed by atoms with Gasteiger partial charge in [0, 0.05) is 37.8 Å². The van der Waals surface area contributed by atoms with Gasteiger partial charge in [0.2, 0.25) is 0 Å². The average Bonchev–Trinajstić information content (AvgIpc) is 2.65. The summed E-state index contributed by atoms with van der Waals surface area (Å²) in [4.78, 5) is 18.2. The fourth-order valence-corrected chi connectivity index (χ4v) is 2.79. The van der Waals surface area contributed by atoms with Gasteiger partial charge >= 0.3 is 6.03 Å². The van der Waals surface area contributed by atoms with E-state index >= 15 is 0 Å². The highest BCUT2D eigenvalue weighted by Crippen LogP contribution is 2.20.